The lowest BCUT2D eigenvalue weighted by molar-refractivity contribution is -0.123. The standard InChI is InChI=1S/C18H19NO5/c1-12(17(21)19-15-7-9-16(23-2)10-8-15)24-18(22)14-5-3-13(11-20)4-6-14/h3-10,12,20H,11H2,1-2H3,(H,19,21). The van der Waals surface area contributed by atoms with E-state index in [9.17, 15) is 9.59 Å². The summed E-state index contributed by atoms with van der Waals surface area (Å²) in [5, 5.41) is 11.6. The first-order valence-electron chi connectivity index (χ1n) is 7.39. The molecule has 0 saturated carbocycles. The number of nitrogens with one attached hydrogen (secondary N) is 1. The number of hydrogen-bond donors (Lipinski definition) is 2. The van der Waals surface area contributed by atoms with Crippen LogP contribution in [-0.4, -0.2) is 30.2 Å². The molecule has 24 heavy (non-hydrogen) atoms. The van der Waals surface area contributed by atoms with Crippen molar-refractivity contribution in [2.75, 3.05) is 12.4 Å². The fraction of sp³-hybridized carbons (Fsp3) is 0.222. The van der Waals surface area contributed by atoms with E-state index >= 15 is 0 Å². The minimum absolute atomic E-state index is 0.101. The van der Waals surface area contributed by atoms with Gasteiger partial charge >= 0.3 is 5.97 Å². The van der Waals surface area contributed by atoms with Crippen molar-refractivity contribution < 1.29 is 24.2 Å². The summed E-state index contributed by atoms with van der Waals surface area (Å²) in [6, 6.07) is 13.2. The third kappa shape index (κ3) is 4.57. The van der Waals surface area contributed by atoms with Gasteiger partial charge in [-0.2, -0.15) is 0 Å². The Morgan fingerprint density at radius 2 is 1.71 bits per heavy atom. The first-order valence-corrected chi connectivity index (χ1v) is 7.39. The molecule has 6 heteroatoms. The normalized spacial score (nSPS) is 11.5. The zero-order valence-electron chi connectivity index (χ0n) is 13.5. The minimum atomic E-state index is -0.947. The fourth-order valence-electron chi connectivity index (χ4n) is 1.95. The van der Waals surface area contributed by atoms with Gasteiger partial charge in [0.15, 0.2) is 6.10 Å². The highest BCUT2D eigenvalue weighted by Crippen LogP contribution is 2.15. The maximum absolute atomic E-state index is 12.1. The molecule has 6 nitrogen and oxygen atoms in total. The Balaban J connectivity index is 1.93. The number of benzene rings is 2. The minimum Gasteiger partial charge on any atom is -0.497 e. The molecule has 2 N–H and O–H groups in total. The molecule has 0 fully saturated rings. The summed E-state index contributed by atoms with van der Waals surface area (Å²) in [5.74, 6) is -0.351. The third-order valence-corrected chi connectivity index (χ3v) is 3.38. The predicted molar refractivity (Wildman–Crippen MR) is 88.9 cm³/mol. The number of carbonyl (C=O) groups is 2. The zero-order chi connectivity index (χ0) is 17.5. The first-order chi connectivity index (χ1) is 11.5. The second-order valence-electron chi connectivity index (χ2n) is 5.12. The quantitative estimate of drug-likeness (QED) is 0.795. The van der Waals surface area contributed by atoms with Crippen molar-refractivity contribution in [3.63, 3.8) is 0 Å². The molecule has 126 valence electrons. The number of aliphatic hydroxyl groups is 1. The van der Waals surface area contributed by atoms with Crippen molar-refractivity contribution in [3.05, 3.63) is 59.7 Å². The molecular formula is C18H19NO5. The van der Waals surface area contributed by atoms with E-state index in [0.29, 0.717) is 22.6 Å². The van der Waals surface area contributed by atoms with Crippen molar-refractivity contribution in [2.45, 2.75) is 19.6 Å². The molecule has 0 aliphatic heterocycles. The monoisotopic (exact) mass is 329 g/mol. The fourth-order valence-corrected chi connectivity index (χ4v) is 1.95. The average molecular weight is 329 g/mol. The van der Waals surface area contributed by atoms with Crippen LogP contribution in [0.1, 0.15) is 22.8 Å². The molecule has 0 bridgehead atoms. The van der Waals surface area contributed by atoms with E-state index in [0.717, 1.165) is 0 Å². The Morgan fingerprint density at radius 1 is 1.08 bits per heavy atom. The number of esters is 1. The summed E-state index contributed by atoms with van der Waals surface area (Å²) in [6.07, 6.45) is -0.947. The van der Waals surface area contributed by atoms with Gasteiger partial charge in [0.2, 0.25) is 0 Å². The third-order valence-electron chi connectivity index (χ3n) is 3.38. The molecule has 0 aliphatic carbocycles. The van der Waals surface area contributed by atoms with Crippen LogP contribution in [0, 0.1) is 0 Å². The van der Waals surface area contributed by atoms with Crippen LogP contribution in [-0.2, 0) is 16.1 Å². The SMILES string of the molecule is COc1ccc(NC(=O)C(C)OC(=O)c2ccc(CO)cc2)cc1. The van der Waals surface area contributed by atoms with Crippen LogP contribution in [0.15, 0.2) is 48.5 Å². The van der Waals surface area contributed by atoms with Crippen LogP contribution in [0.25, 0.3) is 0 Å². The lowest BCUT2D eigenvalue weighted by Crippen LogP contribution is -2.30. The molecule has 2 aromatic rings. The van der Waals surface area contributed by atoms with Gasteiger partial charge in [-0.3, -0.25) is 4.79 Å². The Bertz CT molecular complexity index is 694. The van der Waals surface area contributed by atoms with Crippen LogP contribution < -0.4 is 10.1 Å². The van der Waals surface area contributed by atoms with Gasteiger partial charge in [-0.05, 0) is 48.9 Å². The molecule has 0 spiro atoms. The van der Waals surface area contributed by atoms with E-state index in [1.165, 1.54) is 6.92 Å². The second kappa shape index (κ2) is 8.12. The molecule has 0 heterocycles. The Kier molecular flexibility index (Phi) is 5.92. The van der Waals surface area contributed by atoms with Crippen LogP contribution in [0.4, 0.5) is 5.69 Å². The van der Waals surface area contributed by atoms with Gasteiger partial charge < -0.3 is 19.9 Å². The molecule has 0 radical (unpaired) electrons. The molecule has 0 aromatic heterocycles. The maximum atomic E-state index is 12.1. The van der Waals surface area contributed by atoms with Crippen LogP contribution in [0.2, 0.25) is 0 Å². The highest BCUT2D eigenvalue weighted by Gasteiger charge is 2.19. The van der Waals surface area contributed by atoms with Gasteiger partial charge in [0, 0.05) is 5.69 Å². The van der Waals surface area contributed by atoms with Crippen LogP contribution in [0.3, 0.4) is 0 Å². The molecular weight excluding hydrogens is 310 g/mol. The van der Waals surface area contributed by atoms with Gasteiger partial charge in [0.1, 0.15) is 5.75 Å². The van der Waals surface area contributed by atoms with Crippen LogP contribution >= 0.6 is 0 Å². The van der Waals surface area contributed by atoms with E-state index in [-0.39, 0.29) is 6.61 Å². The number of methoxy groups -OCH3 is 1. The van der Waals surface area contributed by atoms with E-state index < -0.39 is 18.0 Å². The van der Waals surface area contributed by atoms with Crippen molar-refractivity contribution in [1.82, 2.24) is 0 Å². The summed E-state index contributed by atoms with van der Waals surface area (Å²) in [6.45, 7) is 1.40. The number of hydrogen-bond acceptors (Lipinski definition) is 5. The van der Waals surface area contributed by atoms with Crippen molar-refractivity contribution in [2.24, 2.45) is 0 Å². The van der Waals surface area contributed by atoms with Gasteiger partial charge in [0.25, 0.3) is 5.91 Å². The highest BCUT2D eigenvalue weighted by molar-refractivity contribution is 5.97. The summed E-state index contributed by atoms with van der Waals surface area (Å²) < 4.78 is 10.2. The number of carbonyl (C=O) groups excluding carboxylic acids is 2. The van der Waals surface area contributed by atoms with E-state index in [2.05, 4.69) is 5.32 Å². The lowest BCUT2D eigenvalue weighted by atomic mass is 10.1. The van der Waals surface area contributed by atoms with Gasteiger partial charge in [-0.25, -0.2) is 4.79 Å². The molecule has 2 aromatic carbocycles. The van der Waals surface area contributed by atoms with Gasteiger partial charge in [-0.15, -0.1) is 0 Å². The van der Waals surface area contributed by atoms with Crippen molar-refractivity contribution in [3.8, 4) is 5.75 Å². The zero-order valence-corrected chi connectivity index (χ0v) is 13.5. The molecule has 1 unspecified atom stereocenters. The molecule has 1 amide bonds. The predicted octanol–water partition coefficient (Wildman–Crippen LogP) is 2.37. The van der Waals surface area contributed by atoms with Crippen molar-refractivity contribution >= 4 is 17.6 Å². The van der Waals surface area contributed by atoms with Crippen molar-refractivity contribution in [1.29, 1.82) is 0 Å². The lowest BCUT2D eigenvalue weighted by Gasteiger charge is -2.14. The number of ether oxygens (including phenoxy) is 2. The largest absolute Gasteiger partial charge is 0.497 e. The van der Waals surface area contributed by atoms with Gasteiger partial charge in [0.05, 0.1) is 19.3 Å². The Labute approximate surface area is 140 Å². The first kappa shape index (κ1) is 17.5. The molecule has 1 atom stereocenters. The smallest absolute Gasteiger partial charge is 0.338 e. The number of rotatable bonds is 6. The summed E-state index contributed by atoms with van der Waals surface area (Å²) in [5.41, 5.74) is 1.59. The topological polar surface area (TPSA) is 84.9 Å². The van der Waals surface area contributed by atoms with E-state index in [1.807, 2.05) is 0 Å². The molecule has 0 saturated heterocycles. The Hall–Kier alpha value is -2.86. The summed E-state index contributed by atoms with van der Waals surface area (Å²) in [4.78, 5) is 24.1. The maximum Gasteiger partial charge on any atom is 0.338 e. The summed E-state index contributed by atoms with van der Waals surface area (Å²) in [7, 11) is 1.56. The number of anilines is 1. The van der Waals surface area contributed by atoms with E-state index in [1.54, 1.807) is 55.6 Å². The molecule has 2 rings (SSSR count). The average Bonchev–Trinajstić information content (AvgIpc) is 2.62. The number of amides is 1. The summed E-state index contributed by atoms with van der Waals surface area (Å²) >= 11 is 0. The van der Waals surface area contributed by atoms with Gasteiger partial charge in [-0.1, -0.05) is 12.1 Å². The highest BCUT2D eigenvalue weighted by atomic mass is 16.5. The molecule has 0 aliphatic rings. The number of aliphatic hydroxyl groups excluding tert-OH is 1. The Morgan fingerprint density at radius 3 is 2.25 bits per heavy atom. The second-order valence-corrected chi connectivity index (χ2v) is 5.12. The van der Waals surface area contributed by atoms with Crippen LogP contribution in [0.5, 0.6) is 5.75 Å². The van der Waals surface area contributed by atoms with E-state index in [4.69, 9.17) is 14.6 Å².